The maximum absolute atomic E-state index is 2.51. The summed E-state index contributed by atoms with van der Waals surface area (Å²) < 4.78 is 0. The van der Waals surface area contributed by atoms with Crippen molar-refractivity contribution in [1.82, 2.24) is 0 Å². The normalized spacial score (nSPS) is 15.9. The van der Waals surface area contributed by atoms with Gasteiger partial charge in [-0.15, -0.1) is 0 Å². The van der Waals surface area contributed by atoms with Crippen molar-refractivity contribution in [2.45, 2.75) is 38.5 Å². The van der Waals surface area contributed by atoms with Crippen LogP contribution in [-0.2, 0) is 18.3 Å². The van der Waals surface area contributed by atoms with E-state index in [-0.39, 0.29) is 5.41 Å². The topological polar surface area (TPSA) is 3.24 Å². The lowest BCUT2D eigenvalue weighted by Gasteiger charge is -2.42. The largest absolute Gasteiger partial charge is 0.310 e. The molecule has 6 rings (SSSR count). The minimum atomic E-state index is -0.0436. The van der Waals surface area contributed by atoms with Crippen LogP contribution in [0, 0.1) is 0 Å². The second kappa shape index (κ2) is 6.85. The minimum absolute atomic E-state index is 0.0436. The van der Waals surface area contributed by atoms with Gasteiger partial charge in [0.15, 0.2) is 0 Å². The Labute approximate surface area is 185 Å². The molecule has 0 aromatic heterocycles. The Bertz CT molecular complexity index is 1280. The highest BCUT2D eigenvalue weighted by Crippen LogP contribution is 2.53. The molecule has 0 radical (unpaired) electrons. The lowest BCUT2D eigenvalue weighted by atomic mass is 9.72. The number of rotatable bonds is 1. The van der Waals surface area contributed by atoms with Crippen molar-refractivity contribution >= 4 is 17.1 Å². The number of aryl methyl sites for hydroxylation is 2. The van der Waals surface area contributed by atoms with E-state index >= 15 is 0 Å². The van der Waals surface area contributed by atoms with Crippen LogP contribution in [0.25, 0.3) is 11.1 Å². The molecule has 0 amide bonds. The quantitative estimate of drug-likeness (QED) is 0.313. The summed E-state index contributed by atoms with van der Waals surface area (Å²) in [6, 6.07) is 33.7. The number of anilines is 3. The first-order chi connectivity index (χ1) is 15.1. The van der Waals surface area contributed by atoms with E-state index < -0.39 is 0 Å². The standard InChI is InChI=1S/C30H27N/c1-30(2)26-17-8-9-18-28(26)31(23-14-4-3-5-15-23)29-20-25-22(19-27(29)30)13-10-12-21-11-6-7-16-24(21)25/h3-9,11,14-20H,10,12-13H2,1-2H3. The number of fused-ring (bicyclic) bond motifs is 5. The third kappa shape index (κ3) is 2.76. The SMILES string of the molecule is CC1(C)c2ccccc2N(c2ccccc2)c2cc3c(cc21)CCCc1ccccc1-3. The second-order valence-electron chi connectivity index (χ2n) is 9.35. The summed E-state index contributed by atoms with van der Waals surface area (Å²) in [6.07, 6.45) is 3.50. The van der Waals surface area contributed by atoms with E-state index in [0.717, 1.165) is 12.8 Å². The molecule has 0 N–H and O–H groups in total. The van der Waals surface area contributed by atoms with Crippen molar-refractivity contribution in [2.75, 3.05) is 4.90 Å². The first-order valence-corrected chi connectivity index (χ1v) is 11.3. The van der Waals surface area contributed by atoms with E-state index in [1.54, 1.807) is 0 Å². The van der Waals surface area contributed by atoms with Gasteiger partial charge in [-0.05, 0) is 76.9 Å². The van der Waals surface area contributed by atoms with Crippen molar-refractivity contribution in [2.24, 2.45) is 0 Å². The molecule has 1 heteroatoms. The molecule has 1 aliphatic carbocycles. The van der Waals surface area contributed by atoms with Crippen molar-refractivity contribution in [1.29, 1.82) is 0 Å². The zero-order chi connectivity index (χ0) is 21.0. The van der Waals surface area contributed by atoms with Gasteiger partial charge in [-0.2, -0.15) is 0 Å². The Morgan fingerprint density at radius 2 is 1.32 bits per heavy atom. The van der Waals surface area contributed by atoms with Crippen LogP contribution in [0.5, 0.6) is 0 Å². The Morgan fingerprint density at radius 3 is 2.19 bits per heavy atom. The van der Waals surface area contributed by atoms with Crippen molar-refractivity contribution in [3.63, 3.8) is 0 Å². The highest BCUT2D eigenvalue weighted by molar-refractivity contribution is 5.89. The van der Waals surface area contributed by atoms with Crippen molar-refractivity contribution in [3.05, 3.63) is 113 Å². The maximum Gasteiger partial charge on any atom is 0.0509 e. The Hall–Kier alpha value is -3.32. The predicted octanol–water partition coefficient (Wildman–Crippen LogP) is 7.95. The molecule has 0 saturated heterocycles. The Kier molecular flexibility index (Phi) is 4.08. The van der Waals surface area contributed by atoms with Crippen LogP contribution in [0.1, 0.15) is 42.5 Å². The van der Waals surface area contributed by atoms with Crippen LogP contribution < -0.4 is 4.90 Å². The van der Waals surface area contributed by atoms with E-state index in [9.17, 15) is 0 Å². The molecule has 31 heavy (non-hydrogen) atoms. The third-order valence-corrected chi connectivity index (χ3v) is 7.17. The lowest BCUT2D eigenvalue weighted by molar-refractivity contribution is 0.630. The molecule has 152 valence electrons. The van der Waals surface area contributed by atoms with Gasteiger partial charge in [-0.3, -0.25) is 0 Å². The number of nitrogens with zero attached hydrogens (tertiary/aromatic N) is 1. The predicted molar refractivity (Wildman–Crippen MR) is 131 cm³/mol. The average Bonchev–Trinajstić information content (AvgIpc) is 2.98. The molecular formula is C30H27N. The molecule has 2 aliphatic rings. The number of hydrogen-bond acceptors (Lipinski definition) is 1. The molecule has 1 nitrogen and oxygen atoms in total. The fourth-order valence-corrected chi connectivity index (χ4v) is 5.57. The Morgan fingerprint density at radius 1 is 0.613 bits per heavy atom. The highest BCUT2D eigenvalue weighted by Gasteiger charge is 2.37. The van der Waals surface area contributed by atoms with Gasteiger partial charge in [0.25, 0.3) is 0 Å². The van der Waals surface area contributed by atoms with Crippen LogP contribution in [-0.4, -0.2) is 0 Å². The van der Waals surface area contributed by atoms with Crippen LogP contribution in [0.15, 0.2) is 91.0 Å². The lowest BCUT2D eigenvalue weighted by Crippen LogP contribution is -2.31. The molecule has 1 heterocycles. The summed E-state index contributed by atoms with van der Waals surface area (Å²) in [5.41, 5.74) is 12.4. The molecule has 0 unspecified atom stereocenters. The summed E-state index contributed by atoms with van der Waals surface area (Å²) >= 11 is 0. The van der Waals surface area contributed by atoms with E-state index in [1.165, 1.54) is 56.9 Å². The van der Waals surface area contributed by atoms with Gasteiger partial charge < -0.3 is 4.90 Å². The van der Waals surface area contributed by atoms with Gasteiger partial charge >= 0.3 is 0 Å². The monoisotopic (exact) mass is 401 g/mol. The van der Waals surface area contributed by atoms with Crippen molar-refractivity contribution in [3.8, 4) is 11.1 Å². The fourth-order valence-electron chi connectivity index (χ4n) is 5.57. The van der Waals surface area contributed by atoms with E-state index in [2.05, 4.69) is 110 Å². The molecule has 0 bridgehead atoms. The zero-order valence-corrected chi connectivity index (χ0v) is 18.2. The molecule has 1 aliphatic heterocycles. The fraction of sp³-hybridized carbons (Fsp3) is 0.200. The Balaban J connectivity index is 1.68. The maximum atomic E-state index is 2.51. The number of hydrogen-bond donors (Lipinski definition) is 0. The molecular weight excluding hydrogens is 374 g/mol. The van der Waals surface area contributed by atoms with Crippen molar-refractivity contribution < 1.29 is 0 Å². The smallest absolute Gasteiger partial charge is 0.0509 e. The minimum Gasteiger partial charge on any atom is -0.310 e. The third-order valence-electron chi connectivity index (χ3n) is 7.17. The van der Waals surface area contributed by atoms with E-state index in [1.807, 2.05) is 0 Å². The molecule has 0 saturated carbocycles. The highest BCUT2D eigenvalue weighted by atomic mass is 15.2. The van der Waals surface area contributed by atoms with Gasteiger partial charge in [0.1, 0.15) is 0 Å². The number of para-hydroxylation sites is 2. The van der Waals surface area contributed by atoms with E-state index in [0.29, 0.717) is 0 Å². The molecule has 0 atom stereocenters. The van der Waals surface area contributed by atoms with Crippen LogP contribution in [0.3, 0.4) is 0 Å². The van der Waals surface area contributed by atoms with Crippen LogP contribution >= 0.6 is 0 Å². The summed E-state index contributed by atoms with van der Waals surface area (Å²) in [7, 11) is 0. The summed E-state index contributed by atoms with van der Waals surface area (Å²) in [4.78, 5) is 2.46. The van der Waals surface area contributed by atoms with E-state index in [4.69, 9.17) is 0 Å². The zero-order valence-electron chi connectivity index (χ0n) is 18.2. The summed E-state index contributed by atoms with van der Waals surface area (Å²) in [6.45, 7) is 4.76. The summed E-state index contributed by atoms with van der Waals surface area (Å²) in [5, 5.41) is 0. The van der Waals surface area contributed by atoms with Crippen LogP contribution in [0.2, 0.25) is 0 Å². The van der Waals surface area contributed by atoms with Gasteiger partial charge in [0.05, 0.1) is 11.4 Å². The molecule has 0 spiro atoms. The van der Waals surface area contributed by atoms with Gasteiger partial charge in [0.2, 0.25) is 0 Å². The molecule has 0 fully saturated rings. The molecule has 4 aromatic carbocycles. The average molecular weight is 402 g/mol. The van der Waals surface area contributed by atoms with Gasteiger partial charge in [-0.1, -0.05) is 80.6 Å². The summed E-state index contributed by atoms with van der Waals surface area (Å²) in [5.74, 6) is 0. The second-order valence-corrected chi connectivity index (χ2v) is 9.35. The van der Waals surface area contributed by atoms with Gasteiger partial charge in [-0.25, -0.2) is 0 Å². The van der Waals surface area contributed by atoms with Crippen LogP contribution in [0.4, 0.5) is 17.1 Å². The first kappa shape index (κ1) is 18.4. The first-order valence-electron chi connectivity index (χ1n) is 11.3. The number of benzene rings is 4. The van der Waals surface area contributed by atoms with Gasteiger partial charge in [0, 0.05) is 11.1 Å². The molecule has 4 aromatic rings.